The monoisotopic (exact) mass is 215 g/mol. The molecule has 0 aromatic carbocycles. The molecule has 2 N–H and O–H groups in total. The van der Waals surface area contributed by atoms with Crippen molar-refractivity contribution < 1.29 is 9.59 Å². The van der Waals surface area contributed by atoms with Gasteiger partial charge in [0.2, 0.25) is 11.8 Å². The predicted molar refractivity (Wildman–Crippen MR) is 59.2 cm³/mol. The number of likely N-dealkylation sites (N-methyl/N-ethyl adjacent to an activating group) is 1. The molecule has 2 amide bonds. The van der Waals surface area contributed by atoms with Crippen LogP contribution >= 0.6 is 0 Å². The fourth-order valence-corrected chi connectivity index (χ4v) is 1.47. The Kier molecular flexibility index (Phi) is 5.93. The highest BCUT2D eigenvalue weighted by molar-refractivity contribution is 5.81. The van der Waals surface area contributed by atoms with Crippen LogP contribution in [0, 0.1) is 0 Å². The van der Waals surface area contributed by atoms with Crippen LogP contribution in [0.3, 0.4) is 0 Å². The molecular formula is C10H21N3O2. The van der Waals surface area contributed by atoms with E-state index in [-0.39, 0.29) is 17.9 Å². The van der Waals surface area contributed by atoms with Crippen molar-refractivity contribution in [3.8, 4) is 0 Å². The van der Waals surface area contributed by atoms with Crippen LogP contribution in [0.5, 0.6) is 0 Å². The first-order valence-electron chi connectivity index (χ1n) is 5.27. The van der Waals surface area contributed by atoms with Crippen LogP contribution in [-0.4, -0.2) is 54.3 Å². The lowest BCUT2D eigenvalue weighted by atomic mass is 10.1. The summed E-state index contributed by atoms with van der Waals surface area (Å²) in [5.74, 6) is -0.368. The highest BCUT2D eigenvalue weighted by Crippen LogP contribution is 2.06. The number of carbonyl (C=O) groups is 2. The van der Waals surface area contributed by atoms with Crippen LogP contribution in [0.25, 0.3) is 0 Å². The Bertz CT molecular complexity index is 231. The molecule has 1 saturated heterocycles. The van der Waals surface area contributed by atoms with E-state index in [1.54, 1.807) is 4.90 Å². The average Bonchev–Trinajstić information content (AvgIpc) is 2.20. The van der Waals surface area contributed by atoms with E-state index in [0.29, 0.717) is 19.6 Å². The van der Waals surface area contributed by atoms with Crippen LogP contribution in [0.2, 0.25) is 0 Å². The summed E-state index contributed by atoms with van der Waals surface area (Å²) in [6.07, 6.45) is 0. The summed E-state index contributed by atoms with van der Waals surface area (Å²) in [5.41, 5.74) is 5.20. The highest BCUT2D eigenvalue weighted by Gasteiger charge is 2.29. The Balaban J connectivity index is 0.000000921. The first-order valence-corrected chi connectivity index (χ1v) is 5.27. The molecule has 1 atom stereocenters. The molecule has 5 nitrogen and oxygen atoms in total. The van der Waals surface area contributed by atoms with Gasteiger partial charge in [-0.05, 0) is 7.05 Å². The van der Waals surface area contributed by atoms with Crippen LogP contribution in [0.15, 0.2) is 0 Å². The summed E-state index contributed by atoms with van der Waals surface area (Å²) in [6, 6.07) is -0.336. The summed E-state index contributed by atoms with van der Waals surface area (Å²) < 4.78 is 0. The second-order valence-electron chi connectivity index (χ2n) is 3.36. The summed E-state index contributed by atoms with van der Waals surface area (Å²) in [7, 11) is 1.84. The Hall–Kier alpha value is -1.10. The molecule has 1 fully saturated rings. The molecule has 1 heterocycles. The van der Waals surface area contributed by atoms with E-state index in [9.17, 15) is 9.59 Å². The standard InChI is InChI=1S/C8H15N3O2.C2H6/c1-6(12)11-4-3-10(2)7(5-11)8(9)13;1-2/h7H,3-5H2,1-2H3,(H2,9,13);1-2H3. The van der Waals surface area contributed by atoms with E-state index < -0.39 is 0 Å². The second-order valence-corrected chi connectivity index (χ2v) is 3.36. The number of hydrogen-bond acceptors (Lipinski definition) is 3. The largest absolute Gasteiger partial charge is 0.368 e. The van der Waals surface area contributed by atoms with Gasteiger partial charge in [-0.3, -0.25) is 14.5 Å². The Morgan fingerprint density at radius 2 is 1.80 bits per heavy atom. The van der Waals surface area contributed by atoms with Gasteiger partial charge in [-0.2, -0.15) is 0 Å². The molecular weight excluding hydrogens is 194 g/mol. The quantitative estimate of drug-likeness (QED) is 0.650. The molecule has 0 spiro atoms. The molecule has 0 aliphatic carbocycles. The van der Waals surface area contributed by atoms with Crippen molar-refractivity contribution >= 4 is 11.8 Å². The van der Waals surface area contributed by atoms with Crippen LogP contribution in [0.1, 0.15) is 20.8 Å². The number of amides is 2. The SMILES string of the molecule is CC.CC(=O)N1CCN(C)C(C(N)=O)C1. The first-order chi connectivity index (χ1) is 7.02. The van der Waals surface area contributed by atoms with Crippen molar-refractivity contribution in [3.05, 3.63) is 0 Å². The second kappa shape index (κ2) is 6.40. The predicted octanol–water partition coefficient (Wildman–Crippen LogP) is -0.340. The third-order valence-corrected chi connectivity index (χ3v) is 2.42. The number of piperazine rings is 1. The molecule has 88 valence electrons. The van der Waals surface area contributed by atoms with Gasteiger partial charge in [0.1, 0.15) is 6.04 Å². The molecule has 0 aromatic rings. The molecule has 15 heavy (non-hydrogen) atoms. The van der Waals surface area contributed by atoms with E-state index >= 15 is 0 Å². The average molecular weight is 215 g/mol. The van der Waals surface area contributed by atoms with Gasteiger partial charge in [0.15, 0.2) is 0 Å². The maximum Gasteiger partial charge on any atom is 0.236 e. The molecule has 0 radical (unpaired) electrons. The third-order valence-electron chi connectivity index (χ3n) is 2.42. The lowest BCUT2D eigenvalue weighted by molar-refractivity contribution is -0.134. The molecule has 1 unspecified atom stereocenters. The van der Waals surface area contributed by atoms with Crippen LogP contribution in [-0.2, 0) is 9.59 Å². The van der Waals surface area contributed by atoms with Gasteiger partial charge in [0.25, 0.3) is 0 Å². The molecule has 0 aromatic heterocycles. The normalized spacial score (nSPS) is 21.6. The fourth-order valence-electron chi connectivity index (χ4n) is 1.47. The van der Waals surface area contributed by atoms with Gasteiger partial charge in [-0.25, -0.2) is 0 Å². The van der Waals surface area contributed by atoms with Gasteiger partial charge >= 0.3 is 0 Å². The third kappa shape index (κ3) is 3.87. The minimum Gasteiger partial charge on any atom is -0.368 e. The zero-order valence-electron chi connectivity index (χ0n) is 9.99. The topological polar surface area (TPSA) is 66.6 Å². The number of nitrogens with two attached hydrogens (primary N) is 1. The minimum absolute atomic E-state index is 0.000602. The van der Waals surface area contributed by atoms with Crippen LogP contribution in [0.4, 0.5) is 0 Å². The Morgan fingerprint density at radius 3 is 2.20 bits per heavy atom. The summed E-state index contributed by atoms with van der Waals surface area (Å²) >= 11 is 0. The highest BCUT2D eigenvalue weighted by atomic mass is 16.2. The Morgan fingerprint density at radius 1 is 1.27 bits per heavy atom. The number of rotatable bonds is 1. The van der Waals surface area contributed by atoms with E-state index in [1.807, 2.05) is 25.8 Å². The lowest BCUT2D eigenvalue weighted by Gasteiger charge is -2.37. The van der Waals surface area contributed by atoms with Gasteiger partial charge < -0.3 is 10.6 Å². The Labute approximate surface area is 91.2 Å². The number of nitrogens with zero attached hydrogens (tertiary/aromatic N) is 2. The summed E-state index contributed by atoms with van der Waals surface area (Å²) in [5, 5.41) is 0. The summed E-state index contributed by atoms with van der Waals surface area (Å²) in [4.78, 5) is 25.5. The molecule has 5 heteroatoms. The zero-order valence-corrected chi connectivity index (χ0v) is 9.99. The van der Waals surface area contributed by atoms with Gasteiger partial charge in [-0.15, -0.1) is 0 Å². The van der Waals surface area contributed by atoms with E-state index in [0.717, 1.165) is 0 Å². The van der Waals surface area contributed by atoms with Crippen LogP contribution < -0.4 is 5.73 Å². The van der Waals surface area contributed by atoms with Crippen molar-refractivity contribution in [2.24, 2.45) is 5.73 Å². The van der Waals surface area contributed by atoms with Crippen molar-refractivity contribution in [2.45, 2.75) is 26.8 Å². The maximum absolute atomic E-state index is 11.0. The zero-order chi connectivity index (χ0) is 12.0. The smallest absolute Gasteiger partial charge is 0.236 e. The van der Waals surface area contributed by atoms with Gasteiger partial charge in [-0.1, -0.05) is 13.8 Å². The number of hydrogen-bond donors (Lipinski definition) is 1. The molecule has 0 saturated carbocycles. The van der Waals surface area contributed by atoms with Gasteiger partial charge in [0.05, 0.1) is 0 Å². The van der Waals surface area contributed by atoms with E-state index in [2.05, 4.69) is 0 Å². The molecule has 0 bridgehead atoms. The minimum atomic E-state index is -0.367. The number of primary amides is 1. The van der Waals surface area contributed by atoms with Crippen molar-refractivity contribution in [3.63, 3.8) is 0 Å². The van der Waals surface area contributed by atoms with Crippen molar-refractivity contribution in [1.29, 1.82) is 0 Å². The molecule has 1 rings (SSSR count). The lowest BCUT2D eigenvalue weighted by Crippen LogP contribution is -2.57. The van der Waals surface area contributed by atoms with Crippen molar-refractivity contribution in [1.82, 2.24) is 9.80 Å². The summed E-state index contributed by atoms with van der Waals surface area (Å²) in [6.45, 7) is 7.30. The van der Waals surface area contributed by atoms with Crippen molar-refractivity contribution in [2.75, 3.05) is 26.7 Å². The molecule has 1 aliphatic rings. The number of carbonyl (C=O) groups excluding carboxylic acids is 2. The first kappa shape index (κ1) is 13.9. The van der Waals surface area contributed by atoms with E-state index in [1.165, 1.54) is 6.92 Å². The fraction of sp³-hybridized carbons (Fsp3) is 0.800. The van der Waals surface area contributed by atoms with E-state index in [4.69, 9.17) is 5.73 Å². The van der Waals surface area contributed by atoms with Gasteiger partial charge in [0, 0.05) is 26.6 Å². The molecule has 1 aliphatic heterocycles. The maximum atomic E-state index is 11.0.